The van der Waals surface area contributed by atoms with Gasteiger partial charge in [-0.1, -0.05) is 6.92 Å². The van der Waals surface area contributed by atoms with Gasteiger partial charge in [-0.05, 0) is 50.5 Å². The maximum absolute atomic E-state index is 13.0. The Morgan fingerprint density at radius 3 is 2.39 bits per heavy atom. The number of ether oxygens (including phenoxy) is 1. The molecule has 1 aromatic rings. The molecule has 1 fully saturated rings. The highest BCUT2D eigenvalue weighted by Crippen LogP contribution is 2.24. The standard InChI is InChI=1S/C19H29N3O5S/c1-4-22(13-18(23)21-10-8-15(9-11-21)19(20)24)28(25,26)16-6-7-17(27-5-2)14(3)12-16/h6-7,12,15H,4-5,8-11,13H2,1-3H3,(H2,20,24). The lowest BCUT2D eigenvalue weighted by Crippen LogP contribution is -2.47. The average molecular weight is 412 g/mol. The van der Waals surface area contributed by atoms with Crippen molar-refractivity contribution in [2.24, 2.45) is 11.7 Å². The molecule has 156 valence electrons. The molecule has 8 nitrogen and oxygen atoms in total. The number of amides is 2. The lowest BCUT2D eigenvalue weighted by Gasteiger charge is -2.32. The lowest BCUT2D eigenvalue weighted by molar-refractivity contribution is -0.135. The molecule has 1 saturated heterocycles. The molecule has 2 rings (SSSR count). The van der Waals surface area contributed by atoms with Gasteiger partial charge in [-0.15, -0.1) is 0 Å². The zero-order valence-corrected chi connectivity index (χ0v) is 17.5. The molecule has 0 radical (unpaired) electrons. The number of primary amides is 1. The Hall–Kier alpha value is -2.13. The fourth-order valence-electron chi connectivity index (χ4n) is 3.28. The summed E-state index contributed by atoms with van der Waals surface area (Å²) in [6.45, 7) is 6.61. The monoisotopic (exact) mass is 411 g/mol. The number of hydrogen-bond acceptors (Lipinski definition) is 5. The van der Waals surface area contributed by atoms with Crippen molar-refractivity contribution in [3.63, 3.8) is 0 Å². The van der Waals surface area contributed by atoms with Crippen molar-refractivity contribution < 1.29 is 22.7 Å². The van der Waals surface area contributed by atoms with Crippen LogP contribution in [0.2, 0.25) is 0 Å². The number of benzene rings is 1. The molecule has 1 aromatic carbocycles. The third-order valence-corrected chi connectivity index (χ3v) is 6.92. The molecule has 0 bridgehead atoms. The molecular weight excluding hydrogens is 382 g/mol. The Bertz CT molecular complexity index is 817. The highest BCUT2D eigenvalue weighted by molar-refractivity contribution is 7.89. The van der Waals surface area contributed by atoms with E-state index in [1.54, 1.807) is 30.9 Å². The lowest BCUT2D eigenvalue weighted by atomic mass is 9.96. The molecule has 0 atom stereocenters. The molecule has 28 heavy (non-hydrogen) atoms. The van der Waals surface area contributed by atoms with Crippen LogP contribution in [0.1, 0.15) is 32.3 Å². The first kappa shape index (κ1) is 22.2. The van der Waals surface area contributed by atoms with Gasteiger partial charge in [0.25, 0.3) is 0 Å². The Labute approximate surface area is 166 Å². The SMILES string of the molecule is CCOc1ccc(S(=O)(=O)N(CC)CC(=O)N2CCC(C(N)=O)CC2)cc1C. The third-order valence-electron chi connectivity index (χ3n) is 5.00. The molecule has 1 heterocycles. The minimum absolute atomic E-state index is 0.135. The van der Waals surface area contributed by atoms with Crippen LogP contribution in [-0.4, -0.2) is 62.2 Å². The fraction of sp³-hybridized carbons (Fsp3) is 0.579. The van der Waals surface area contributed by atoms with Crippen molar-refractivity contribution in [1.82, 2.24) is 9.21 Å². The number of sulfonamides is 1. The Morgan fingerprint density at radius 2 is 1.89 bits per heavy atom. The number of rotatable bonds is 8. The van der Waals surface area contributed by atoms with Crippen LogP contribution in [0, 0.1) is 12.8 Å². The number of likely N-dealkylation sites (tertiary alicyclic amines) is 1. The van der Waals surface area contributed by atoms with Crippen LogP contribution in [0.15, 0.2) is 23.1 Å². The fourth-order valence-corrected chi connectivity index (χ4v) is 4.76. The summed E-state index contributed by atoms with van der Waals surface area (Å²) >= 11 is 0. The predicted molar refractivity (Wildman–Crippen MR) is 105 cm³/mol. The zero-order valence-electron chi connectivity index (χ0n) is 16.7. The van der Waals surface area contributed by atoms with Crippen LogP contribution in [0.4, 0.5) is 0 Å². The number of carbonyl (C=O) groups is 2. The van der Waals surface area contributed by atoms with Crippen LogP contribution in [-0.2, 0) is 19.6 Å². The summed E-state index contributed by atoms with van der Waals surface area (Å²) < 4.78 is 32.6. The van der Waals surface area contributed by atoms with Crippen molar-refractivity contribution in [3.05, 3.63) is 23.8 Å². The summed E-state index contributed by atoms with van der Waals surface area (Å²) in [7, 11) is -3.81. The van der Waals surface area contributed by atoms with E-state index in [0.29, 0.717) is 38.3 Å². The average Bonchev–Trinajstić information content (AvgIpc) is 2.67. The van der Waals surface area contributed by atoms with Gasteiger partial charge in [-0.25, -0.2) is 8.42 Å². The quantitative estimate of drug-likeness (QED) is 0.689. The van der Waals surface area contributed by atoms with E-state index in [0.717, 1.165) is 5.56 Å². The van der Waals surface area contributed by atoms with E-state index in [1.807, 2.05) is 6.92 Å². The van der Waals surface area contributed by atoms with Gasteiger partial charge >= 0.3 is 0 Å². The van der Waals surface area contributed by atoms with E-state index in [-0.39, 0.29) is 35.7 Å². The predicted octanol–water partition coefficient (Wildman–Crippen LogP) is 1.13. The van der Waals surface area contributed by atoms with Crippen molar-refractivity contribution in [2.75, 3.05) is 32.8 Å². The van der Waals surface area contributed by atoms with Crippen LogP contribution in [0.25, 0.3) is 0 Å². The normalized spacial score (nSPS) is 15.6. The second-order valence-electron chi connectivity index (χ2n) is 6.85. The van der Waals surface area contributed by atoms with Crippen LogP contribution >= 0.6 is 0 Å². The minimum atomic E-state index is -3.81. The first-order valence-electron chi connectivity index (χ1n) is 9.51. The molecule has 0 aliphatic carbocycles. The minimum Gasteiger partial charge on any atom is -0.494 e. The summed E-state index contributed by atoms with van der Waals surface area (Å²) in [5.74, 6) is -0.202. The van der Waals surface area contributed by atoms with Crippen molar-refractivity contribution in [1.29, 1.82) is 0 Å². The van der Waals surface area contributed by atoms with E-state index in [9.17, 15) is 18.0 Å². The molecule has 2 N–H and O–H groups in total. The molecule has 1 aliphatic rings. The van der Waals surface area contributed by atoms with Gasteiger partial charge in [0.15, 0.2) is 0 Å². The van der Waals surface area contributed by atoms with Gasteiger partial charge in [-0.2, -0.15) is 4.31 Å². The van der Waals surface area contributed by atoms with Gasteiger partial charge in [0.1, 0.15) is 5.75 Å². The highest BCUT2D eigenvalue weighted by atomic mass is 32.2. The number of nitrogens with zero attached hydrogens (tertiary/aromatic N) is 2. The number of piperidine rings is 1. The molecule has 2 amide bonds. The van der Waals surface area contributed by atoms with Gasteiger partial charge in [0.05, 0.1) is 18.0 Å². The van der Waals surface area contributed by atoms with E-state index >= 15 is 0 Å². The summed E-state index contributed by atoms with van der Waals surface area (Å²) in [6, 6.07) is 4.70. The summed E-state index contributed by atoms with van der Waals surface area (Å²) in [4.78, 5) is 25.6. The first-order valence-corrected chi connectivity index (χ1v) is 10.9. The third kappa shape index (κ3) is 5.02. The van der Waals surface area contributed by atoms with E-state index in [2.05, 4.69) is 0 Å². The van der Waals surface area contributed by atoms with E-state index < -0.39 is 10.0 Å². The van der Waals surface area contributed by atoms with Crippen molar-refractivity contribution in [2.45, 2.75) is 38.5 Å². The Kier molecular flexibility index (Phi) is 7.42. The van der Waals surface area contributed by atoms with Gasteiger partial charge in [0.2, 0.25) is 21.8 Å². The van der Waals surface area contributed by atoms with E-state index in [4.69, 9.17) is 10.5 Å². The van der Waals surface area contributed by atoms with Crippen molar-refractivity contribution >= 4 is 21.8 Å². The topological polar surface area (TPSA) is 110 Å². The number of nitrogens with two attached hydrogens (primary N) is 1. The summed E-state index contributed by atoms with van der Waals surface area (Å²) in [6.07, 6.45) is 1.02. The second kappa shape index (κ2) is 9.38. The highest BCUT2D eigenvalue weighted by Gasteiger charge is 2.30. The van der Waals surface area contributed by atoms with Crippen LogP contribution < -0.4 is 10.5 Å². The maximum Gasteiger partial charge on any atom is 0.243 e. The largest absolute Gasteiger partial charge is 0.494 e. The zero-order chi connectivity index (χ0) is 20.9. The Morgan fingerprint density at radius 1 is 1.25 bits per heavy atom. The maximum atomic E-state index is 13.0. The number of likely N-dealkylation sites (N-methyl/N-ethyl adjacent to an activating group) is 1. The molecule has 1 aliphatic heterocycles. The summed E-state index contributed by atoms with van der Waals surface area (Å²) in [5.41, 5.74) is 6.04. The van der Waals surface area contributed by atoms with Crippen LogP contribution in [0.5, 0.6) is 5.75 Å². The van der Waals surface area contributed by atoms with Gasteiger partial charge < -0.3 is 15.4 Å². The van der Waals surface area contributed by atoms with E-state index in [1.165, 1.54) is 10.4 Å². The number of hydrogen-bond donors (Lipinski definition) is 1. The molecule has 0 saturated carbocycles. The molecule has 0 unspecified atom stereocenters. The number of aryl methyl sites for hydroxylation is 1. The van der Waals surface area contributed by atoms with Crippen molar-refractivity contribution in [3.8, 4) is 5.75 Å². The summed E-state index contributed by atoms with van der Waals surface area (Å²) in [5, 5.41) is 0. The van der Waals surface area contributed by atoms with Gasteiger partial charge in [0, 0.05) is 25.6 Å². The smallest absolute Gasteiger partial charge is 0.243 e. The molecular formula is C19H29N3O5S. The van der Waals surface area contributed by atoms with Gasteiger partial charge in [-0.3, -0.25) is 9.59 Å². The molecule has 0 spiro atoms. The molecule has 9 heteroatoms. The molecule has 0 aromatic heterocycles. The number of carbonyl (C=O) groups excluding carboxylic acids is 2. The van der Waals surface area contributed by atoms with Crippen LogP contribution in [0.3, 0.4) is 0 Å². The second-order valence-corrected chi connectivity index (χ2v) is 8.79. The first-order chi connectivity index (χ1) is 13.2. The Balaban J connectivity index is 2.10.